The van der Waals surface area contributed by atoms with Crippen molar-refractivity contribution in [3.8, 4) is 0 Å². The van der Waals surface area contributed by atoms with Crippen LogP contribution >= 0.6 is 0 Å². The maximum atomic E-state index is 9.43. The first kappa shape index (κ1) is 10.2. The largest absolute Gasteiger partial charge is 0.393 e. The summed E-state index contributed by atoms with van der Waals surface area (Å²) in [5.74, 6) is 0. The van der Waals surface area contributed by atoms with E-state index in [1.54, 1.807) is 0 Å². The van der Waals surface area contributed by atoms with Crippen LogP contribution in [0.15, 0.2) is 36.4 Å². The molecule has 0 heterocycles. The van der Waals surface area contributed by atoms with Gasteiger partial charge in [0.05, 0.1) is 6.10 Å². The molecule has 0 aromatic heterocycles. The highest BCUT2D eigenvalue weighted by atomic mass is 16.3. The van der Waals surface area contributed by atoms with Crippen LogP contribution < -0.4 is 0 Å². The molecule has 1 N–H and O–H groups in total. The molecular formula is C14H16O. The quantitative estimate of drug-likeness (QED) is 0.790. The Balaban J connectivity index is 2.61. The molecule has 2 rings (SSSR count). The van der Waals surface area contributed by atoms with Crippen LogP contribution in [0.2, 0.25) is 0 Å². The van der Waals surface area contributed by atoms with Crippen molar-refractivity contribution >= 4 is 10.8 Å². The molecule has 2 aromatic carbocycles. The van der Waals surface area contributed by atoms with Crippen LogP contribution in [-0.2, 0) is 6.42 Å². The van der Waals surface area contributed by atoms with Gasteiger partial charge >= 0.3 is 0 Å². The SMILES string of the molecule is Cc1ccc(C[C@H](C)O)c2ccccc12. The number of aliphatic hydroxyl groups is 1. The summed E-state index contributed by atoms with van der Waals surface area (Å²) in [5.41, 5.74) is 2.52. The van der Waals surface area contributed by atoms with E-state index in [9.17, 15) is 5.11 Å². The van der Waals surface area contributed by atoms with Gasteiger partial charge in [0.15, 0.2) is 0 Å². The third kappa shape index (κ3) is 2.02. The standard InChI is InChI=1S/C14H16O/c1-10-7-8-12(9-11(2)15)14-6-4-3-5-13(10)14/h3-8,11,15H,9H2,1-2H3/t11-/m0/s1. The molecule has 0 bridgehead atoms. The Morgan fingerprint density at radius 1 is 1.07 bits per heavy atom. The Morgan fingerprint density at radius 3 is 2.40 bits per heavy atom. The van der Waals surface area contributed by atoms with Crippen molar-refractivity contribution in [2.45, 2.75) is 26.4 Å². The lowest BCUT2D eigenvalue weighted by atomic mass is 9.97. The van der Waals surface area contributed by atoms with Crippen LogP contribution in [0.25, 0.3) is 10.8 Å². The van der Waals surface area contributed by atoms with Crippen molar-refractivity contribution in [1.29, 1.82) is 0 Å². The normalized spacial score (nSPS) is 13.0. The third-order valence-corrected chi connectivity index (χ3v) is 2.75. The fraction of sp³-hybridized carbons (Fsp3) is 0.286. The lowest BCUT2D eigenvalue weighted by molar-refractivity contribution is 0.196. The molecule has 2 aromatic rings. The highest BCUT2D eigenvalue weighted by molar-refractivity contribution is 5.88. The maximum Gasteiger partial charge on any atom is 0.0552 e. The van der Waals surface area contributed by atoms with Crippen molar-refractivity contribution in [2.24, 2.45) is 0 Å². The maximum absolute atomic E-state index is 9.43. The second-order valence-corrected chi connectivity index (χ2v) is 4.14. The molecule has 1 nitrogen and oxygen atoms in total. The first-order valence-electron chi connectivity index (χ1n) is 5.34. The van der Waals surface area contributed by atoms with Crippen molar-refractivity contribution < 1.29 is 5.11 Å². The second-order valence-electron chi connectivity index (χ2n) is 4.14. The predicted octanol–water partition coefficient (Wildman–Crippen LogP) is 3.07. The van der Waals surface area contributed by atoms with E-state index in [0.717, 1.165) is 6.42 Å². The predicted molar refractivity (Wildman–Crippen MR) is 64.1 cm³/mol. The fourth-order valence-corrected chi connectivity index (χ4v) is 2.01. The van der Waals surface area contributed by atoms with E-state index in [2.05, 4.69) is 37.3 Å². The molecule has 1 heteroatoms. The summed E-state index contributed by atoms with van der Waals surface area (Å²) in [6.07, 6.45) is 0.442. The molecule has 1 atom stereocenters. The zero-order valence-electron chi connectivity index (χ0n) is 9.20. The molecule has 78 valence electrons. The van der Waals surface area contributed by atoms with Crippen LogP contribution in [-0.4, -0.2) is 11.2 Å². The highest BCUT2D eigenvalue weighted by Gasteiger charge is 2.05. The zero-order chi connectivity index (χ0) is 10.8. The molecule has 0 aliphatic rings. The van der Waals surface area contributed by atoms with Crippen molar-refractivity contribution in [1.82, 2.24) is 0 Å². The molecule has 0 saturated carbocycles. The number of aliphatic hydroxyl groups excluding tert-OH is 1. The van der Waals surface area contributed by atoms with E-state index < -0.39 is 0 Å². The van der Waals surface area contributed by atoms with Gasteiger partial charge in [0, 0.05) is 0 Å². The first-order valence-corrected chi connectivity index (χ1v) is 5.34. The van der Waals surface area contributed by atoms with Gasteiger partial charge in [-0.2, -0.15) is 0 Å². The smallest absolute Gasteiger partial charge is 0.0552 e. The van der Waals surface area contributed by atoms with Gasteiger partial charge in [-0.05, 0) is 42.2 Å². The molecule has 15 heavy (non-hydrogen) atoms. The minimum Gasteiger partial charge on any atom is -0.393 e. The van der Waals surface area contributed by atoms with E-state index >= 15 is 0 Å². The van der Waals surface area contributed by atoms with Gasteiger partial charge in [0.2, 0.25) is 0 Å². The summed E-state index contributed by atoms with van der Waals surface area (Å²) in [6, 6.07) is 12.6. The number of rotatable bonds is 2. The average Bonchev–Trinajstić information content (AvgIpc) is 2.22. The van der Waals surface area contributed by atoms with Crippen LogP contribution in [0.5, 0.6) is 0 Å². The van der Waals surface area contributed by atoms with Crippen molar-refractivity contribution in [2.75, 3.05) is 0 Å². The molecule has 0 radical (unpaired) electrons. The van der Waals surface area contributed by atoms with Gasteiger partial charge < -0.3 is 5.11 Å². The number of hydrogen-bond acceptors (Lipinski definition) is 1. The molecule has 0 unspecified atom stereocenters. The van der Waals surface area contributed by atoms with Gasteiger partial charge in [-0.15, -0.1) is 0 Å². The topological polar surface area (TPSA) is 20.2 Å². The fourth-order valence-electron chi connectivity index (χ4n) is 2.01. The Morgan fingerprint density at radius 2 is 1.73 bits per heavy atom. The monoisotopic (exact) mass is 200 g/mol. The summed E-state index contributed by atoms with van der Waals surface area (Å²) in [7, 11) is 0. The second kappa shape index (κ2) is 4.03. The molecule has 0 fully saturated rings. The summed E-state index contributed by atoms with van der Waals surface area (Å²) >= 11 is 0. The number of hydrogen-bond donors (Lipinski definition) is 1. The lowest BCUT2D eigenvalue weighted by Crippen LogP contribution is -2.04. The van der Waals surface area contributed by atoms with E-state index in [1.165, 1.54) is 21.9 Å². The molecular weight excluding hydrogens is 184 g/mol. The van der Waals surface area contributed by atoms with Gasteiger partial charge in [0.25, 0.3) is 0 Å². The van der Waals surface area contributed by atoms with E-state index in [4.69, 9.17) is 0 Å². The van der Waals surface area contributed by atoms with Crippen molar-refractivity contribution in [3.05, 3.63) is 47.5 Å². The highest BCUT2D eigenvalue weighted by Crippen LogP contribution is 2.23. The third-order valence-electron chi connectivity index (χ3n) is 2.75. The van der Waals surface area contributed by atoms with E-state index in [0.29, 0.717) is 0 Å². The molecule has 0 amide bonds. The number of benzene rings is 2. The number of aryl methyl sites for hydroxylation is 1. The van der Waals surface area contributed by atoms with E-state index in [-0.39, 0.29) is 6.10 Å². The van der Waals surface area contributed by atoms with Crippen LogP contribution in [0.3, 0.4) is 0 Å². The van der Waals surface area contributed by atoms with Crippen molar-refractivity contribution in [3.63, 3.8) is 0 Å². The Bertz CT molecular complexity index is 472. The summed E-state index contributed by atoms with van der Waals surface area (Å²) in [6.45, 7) is 3.95. The average molecular weight is 200 g/mol. The Labute approximate surface area is 90.4 Å². The first-order chi connectivity index (χ1) is 7.18. The minimum absolute atomic E-state index is 0.281. The summed E-state index contributed by atoms with van der Waals surface area (Å²) < 4.78 is 0. The Hall–Kier alpha value is -1.34. The number of fused-ring (bicyclic) bond motifs is 1. The van der Waals surface area contributed by atoms with Crippen LogP contribution in [0.4, 0.5) is 0 Å². The molecule has 0 saturated heterocycles. The lowest BCUT2D eigenvalue weighted by Gasteiger charge is -2.10. The van der Waals surface area contributed by atoms with Crippen LogP contribution in [0.1, 0.15) is 18.1 Å². The minimum atomic E-state index is -0.281. The Kier molecular flexibility index (Phi) is 2.74. The summed E-state index contributed by atoms with van der Waals surface area (Å²) in [4.78, 5) is 0. The van der Waals surface area contributed by atoms with E-state index in [1.807, 2.05) is 13.0 Å². The zero-order valence-corrected chi connectivity index (χ0v) is 9.20. The van der Waals surface area contributed by atoms with Gasteiger partial charge in [-0.3, -0.25) is 0 Å². The summed E-state index contributed by atoms with van der Waals surface area (Å²) in [5, 5.41) is 12.0. The van der Waals surface area contributed by atoms with Crippen LogP contribution in [0, 0.1) is 6.92 Å². The van der Waals surface area contributed by atoms with Gasteiger partial charge in [0.1, 0.15) is 0 Å². The van der Waals surface area contributed by atoms with Gasteiger partial charge in [-0.25, -0.2) is 0 Å². The van der Waals surface area contributed by atoms with Gasteiger partial charge in [-0.1, -0.05) is 36.4 Å². The molecule has 0 aliphatic carbocycles. The molecule has 0 aliphatic heterocycles. The molecule has 0 spiro atoms.